The van der Waals surface area contributed by atoms with Crippen molar-refractivity contribution < 1.29 is 31.9 Å². The zero-order valence-electron chi connectivity index (χ0n) is 18.7. The van der Waals surface area contributed by atoms with Gasteiger partial charge in [-0.3, -0.25) is 19.1 Å². The minimum Gasteiger partial charge on any atom is -0.374 e. The van der Waals surface area contributed by atoms with Gasteiger partial charge in [0.2, 0.25) is 5.91 Å². The summed E-state index contributed by atoms with van der Waals surface area (Å²) in [7, 11) is 0. The van der Waals surface area contributed by atoms with Crippen molar-refractivity contribution in [2.45, 2.75) is 32.0 Å². The fourth-order valence-corrected chi connectivity index (χ4v) is 4.86. The molecular formula is C25H18ClF4N3O3. The Bertz CT molecular complexity index is 1540. The number of benzene rings is 2. The molecule has 1 atom stereocenters. The van der Waals surface area contributed by atoms with Crippen LogP contribution in [-0.4, -0.2) is 28.0 Å². The van der Waals surface area contributed by atoms with Crippen LogP contribution in [0.5, 0.6) is 0 Å². The van der Waals surface area contributed by atoms with Gasteiger partial charge in [0.1, 0.15) is 11.5 Å². The molecule has 1 amide bonds. The normalized spacial score (nSPS) is 16.1. The number of amides is 1. The van der Waals surface area contributed by atoms with E-state index >= 15 is 0 Å². The van der Waals surface area contributed by atoms with Crippen LogP contribution in [0.25, 0.3) is 21.8 Å². The van der Waals surface area contributed by atoms with Crippen LogP contribution in [0.2, 0.25) is 5.02 Å². The molecule has 1 fully saturated rings. The van der Waals surface area contributed by atoms with E-state index in [-0.39, 0.29) is 22.4 Å². The number of hydrogen-bond acceptors (Lipinski definition) is 4. The van der Waals surface area contributed by atoms with Crippen molar-refractivity contribution in [3.63, 3.8) is 0 Å². The van der Waals surface area contributed by atoms with Gasteiger partial charge in [-0.2, -0.15) is 13.2 Å². The Hall–Kier alpha value is -3.50. The topological polar surface area (TPSA) is 73.2 Å². The molecule has 1 aliphatic heterocycles. The minimum absolute atomic E-state index is 0.00955. The van der Waals surface area contributed by atoms with Crippen LogP contribution in [0.15, 0.2) is 42.6 Å². The summed E-state index contributed by atoms with van der Waals surface area (Å²) < 4.78 is 60.7. The zero-order valence-corrected chi connectivity index (χ0v) is 19.5. The van der Waals surface area contributed by atoms with Gasteiger partial charge in [-0.25, -0.2) is 4.39 Å². The lowest BCUT2D eigenvalue weighted by Crippen LogP contribution is -2.15. The second-order valence-corrected chi connectivity index (χ2v) is 8.88. The van der Waals surface area contributed by atoms with Gasteiger partial charge in [0.05, 0.1) is 27.7 Å². The van der Waals surface area contributed by atoms with Gasteiger partial charge in [-0.05, 0) is 54.8 Å². The predicted octanol–water partition coefficient (Wildman–Crippen LogP) is 6.76. The first kappa shape index (κ1) is 24.2. The first-order valence-electron chi connectivity index (χ1n) is 11.0. The molecule has 1 aliphatic rings. The summed E-state index contributed by atoms with van der Waals surface area (Å²) in [5, 5.41) is 3.51. The summed E-state index contributed by atoms with van der Waals surface area (Å²) in [6.45, 7) is 1.84. The zero-order chi connectivity index (χ0) is 25.8. The Labute approximate surface area is 206 Å². The average Bonchev–Trinajstić information content (AvgIpc) is 3.44. The van der Waals surface area contributed by atoms with Crippen molar-refractivity contribution >= 4 is 50.9 Å². The third-order valence-corrected chi connectivity index (χ3v) is 6.41. The van der Waals surface area contributed by atoms with Crippen molar-refractivity contribution in [2.75, 3.05) is 11.9 Å². The number of carbonyl (C=O) groups excluding carboxylic acids is 2. The number of ether oxygens (including phenoxy) is 1. The van der Waals surface area contributed by atoms with E-state index in [9.17, 15) is 27.2 Å². The van der Waals surface area contributed by atoms with Gasteiger partial charge in [0, 0.05) is 36.2 Å². The van der Waals surface area contributed by atoms with Gasteiger partial charge in [0.25, 0.3) is 5.91 Å². The second kappa shape index (κ2) is 8.86. The lowest BCUT2D eigenvalue weighted by Gasteiger charge is -2.12. The molecule has 186 valence electrons. The van der Waals surface area contributed by atoms with Crippen molar-refractivity contribution in [2.24, 2.45) is 0 Å². The maximum atomic E-state index is 14.6. The van der Waals surface area contributed by atoms with Crippen molar-refractivity contribution in [3.8, 4) is 0 Å². The van der Waals surface area contributed by atoms with Crippen LogP contribution in [0.3, 0.4) is 0 Å². The molecule has 0 aliphatic carbocycles. The van der Waals surface area contributed by atoms with E-state index in [2.05, 4.69) is 10.3 Å². The number of carbonyl (C=O) groups is 2. The molecule has 2 aromatic carbocycles. The first-order chi connectivity index (χ1) is 17.0. The Morgan fingerprint density at radius 3 is 2.61 bits per heavy atom. The van der Waals surface area contributed by atoms with Crippen molar-refractivity contribution in [3.05, 3.63) is 70.3 Å². The highest BCUT2D eigenvalue weighted by Crippen LogP contribution is 2.41. The number of fused-ring (bicyclic) bond motifs is 3. The number of anilines is 1. The van der Waals surface area contributed by atoms with E-state index in [1.165, 1.54) is 41.8 Å². The highest BCUT2D eigenvalue weighted by atomic mass is 35.5. The smallest absolute Gasteiger partial charge is 0.374 e. The molecule has 5 rings (SSSR count). The molecule has 1 unspecified atom stereocenters. The monoisotopic (exact) mass is 519 g/mol. The Morgan fingerprint density at radius 2 is 1.94 bits per heavy atom. The third-order valence-electron chi connectivity index (χ3n) is 6.09. The molecule has 0 radical (unpaired) electrons. The van der Waals surface area contributed by atoms with Crippen molar-refractivity contribution in [1.29, 1.82) is 0 Å². The summed E-state index contributed by atoms with van der Waals surface area (Å²) >= 11 is 6.45. The van der Waals surface area contributed by atoms with E-state index in [1.54, 1.807) is 0 Å². The lowest BCUT2D eigenvalue weighted by molar-refractivity contribution is -0.141. The molecule has 1 saturated heterocycles. The van der Waals surface area contributed by atoms with Gasteiger partial charge in [0.15, 0.2) is 0 Å². The van der Waals surface area contributed by atoms with Crippen LogP contribution >= 0.6 is 11.6 Å². The van der Waals surface area contributed by atoms with Crippen LogP contribution in [0.1, 0.15) is 52.3 Å². The summed E-state index contributed by atoms with van der Waals surface area (Å²) in [4.78, 5) is 28.9. The van der Waals surface area contributed by atoms with Crippen LogP contribution < -0.4 is 5.32 Å². The van der Waals surface area contributed by atoms with E-state index < -0.39 is 29.5 Å². The molecule has 1 N–H and O–H groups in total. The van der Waals surface area contributed by atoms with Crippen LogP contribution in [-0.2, 0) is 10.9 Å². The fraction of sp³-hybridized carbons (Fsp3) is 0.240. The number of halogens is 5. The quantitative estimate of drug-likeness (QED) is 0.303. The summed E-state index contributed by atoms with van der Waals surface area (Å²) in [6.07, 6.45) is -2.62. The van der Waals surface area contributed by atoms with Gasteiger partial charge >= 0.3 is 6.18 Å². The third kappa shape index (κ3) is 4.20. The average molecular weight is 520 g/mol. The Kier molecular flexibility index (Phi) is 5.96. The minimum atomic E-state index is -4.68. The number of aromatic nitrogens is 2. The van der Waals surface area contributed by atoms with Crippen LogP contribution in [0.4, 0.5) is 23.2 Å². The molecule has 0 saturated carbocycles. The van der Waals surface area contributed by atoms with Gasteiger partial charge in [-0.1, -0.05) is 11.6 Å². The molecule has 4 aromatic rings. The van der Waals surface area contributed by atoms with E-state index in [0.717, 1.165) is 12.6 Å². The van der Waals surface area contributed by atoms with E-state index in [4.69, 9.17) is 16.3 Å². The molecule has 0 spiro atoms. The highest BCUT2D eigenvalue weighted by Gasteiger charge is 2.33. The molecule has 3 heterocycles. The second-order valence-electron chi connectivity index (χ2n) is 8.48. The largest absolute Gasteiger partial charge is 0.433 e. The molecular weight excluding hydrogens is 502 g/mol. The molecule has 6 nitrogen and oxygen atoms in total. The van der Waals surface area contributed by atoms with E-state index in [1.807, 2.05) is 0 Å². The lowest BCUT2D eigenvalue weighted by atomic mass is 9.99. The SMILES string of the molecule is CC(=O)n1c2cc(C(=O)Nc3ccnc(C(F)(F)F)c3)c(Cl)cc2c2c(C3CCCO3)cc(F)cc21. The van der Waals surface area contributed by atoms with Crippen molar-refractivity contribution in [1.82, 2.24) is 9.55 Å². The van der Waals surface area contributed by atoms with E-state index in [0.29, 0.717) is 46.5 Å². The standard InChI is InChI=1S/C25H18ClF4N3O3/c1-12(34)33-19-11-15(24(35)32-14-4-5-31-22(9-14)25(28,29)30)18(26)10-16(19)23-17(21-3-2-6-36-21)7-13(27)8-20(23)33/h4-5,7-11,21H,2-3,6H2,1H3,(H,31,32,35). The summed E-state index contributed by atoms with van der Waals surface area (Å²) in [5.41, 5.74) is -0.171. The van der Waals surface area contributed by atoms with Crippen LogP contribution in [0, 0.1) is 5.82 Å². The maximum Gasteiger partial charge on any atom is 0.433 e. The highest BCUT2D eigenvalue weighted by molar-refractivity contribution is 6.36. The first-order valence-corrected chi connectivity index (χ1v) is 11.4. The number of alkyl halides is 3. The molecule has 0 bridgehead atoms. The number of hydrogen-bond donors (Lipinski definition) is 1. The summed E-state index contributed by atoms with van der Waals surface area (Å²) in [5.74, 6) is -1.75. The number of nitrogens with zero attached hydrogens (tertiary/aromatic N) is 2. The Balaban J connectivity index is 1.66. The number of rotatable bonds is 3. The summed E-state index contributed by atoms with van der Waals surface area (Å²) in [6, 6.07) is 7.39. The molecule has 2 aromatic heterocycles. The predicted molar refractivity (Wildman–Crippen MR) is 126 cm³/mol. The Morgan fingerprint density at radius 1 is 1.17 bits per heavy atom. The number of nitrogens with one attached hydrogen (secondary N) is 1. The fourth-order valence-electron chi connectivity index (χ4n) is 4.61. The molecule has 11 heteroatoms. The van der Waals surface area contributed by atoms with Gasteiger partial charge in [-0.15, -0.1) is 0 Å². The maximum absolute atomic E-state index is 14.6. The molecule has 36 heavy (non-hydrogen) atoms. The number of pyridine rings is 1. The van der Waals surface area contributed by atoms with Gasteiger partial charge < -0.3 is 10.1 Å².